The molecule has 0 fully saturated rings. The molecule has 0 saturated carbocycles. The van der Waals surface area contributed by atoms with Crippen LogP contribution in [-0.4, -0.2) is 0 Å². The first-order valence-corrected chi connectivity index (χ1v) is 4.72. The van der Waals surface area contributed by atoms with Gasteiger partial charge in [-0.25, -0.2) is 0 Å². The Bertz CT molecular complexity index is 104. The minimum Gasteiger partial charge on any atom is -0.103 e. The van der Waals surface area contributed by atoms with Gasteiger partial charge in [0.2, 0.25) is 0 Å². The smallest absolute Gasteiger partial charge is 0.0206 e. The molecule has 0 spiro atoms. The minimum atomic E-state index is 0.306. The summed E-state index contributed by atoms with van der Waals surface area (Å²) in [4.78, 5) is 0. The predicted octanol–water partition coefficient (Wildman–Crippen LogP) is 4.58. The first-order chi connectivity index (χ1) is 5.47. The SMILES string of the molecule is C=CC(C)(C)C.C=CCCCC. The van der Waals surface area contributed by atoms with Crippen LogP contribution in [0.5, 0.6) is 0 Å². The maximum absolute atomic E-state index is 3.63. The summed E-state index contributed by atoms with van der Waals surface area (Å²) in [6, 6.07) is 0. The van der Waals surface area contributed by atoms with E-state index in [1.807, 2.05) is 12.2 Å². The Hall–Kier alpha value is -0.520. The van der Waals surface area contributed by atoms with Crippen molar-refractivity contribution in [1.82, 2.24) is 0 Å². The Morgan fingerprint density at radius 1 is 1.17 bits per heavy atom. The molecule has 0 amide bonds. The molecule has 0 atom stereocenters. The van der Waals surface area contributed by atoms with Crippen molar-refractivity contribution >= 4 is 0 Å². The van der Waals surface area contributed by atoms with E-state index in [1.54, 1.807) is 0 Å². The molecule has 0 aromatic carbocycles. The zero-order chi connectivity index (χ0) is 10.0. The molecule has 0 aromatic heterocycles. The van der Waals surface area contributed by atoms with E-state index in [0.29, 0.717) is 5.41 Å². The van der Waals surface area contributed by atoms with E-state index >= 15 is 0 Å². The minimum absolute atomic E-state index is 0.306. The molecule has 72 valence electrons. The molecule has 12 heavy (non-hydrogen) atoms. The molecular weight excluding hydrogens is 144 g/mol. The lowest BCUT2D eigenvalue weighted by Gasteiger charge is -2.08. The van der Waals surface area contributed by atoms with Crippen molar-refractivity contribution in [2.45, 2.75) is 47.0 Å². The zero-order valence-corrected chi connectivity index (χ0v) is 9.19. The highest BCUT2D eigenvalue weighted by molar-refractivity contribution is 4.82. The Labute approximate surface area is 78.4 Å². The van der Waals surface area contributed by atoms with E-state index in [0.717, 1.165) is 0 Å². The lowest BCUT2D eigenvalue weighted by Crippen LogP contribution is -1.96. The normalized spacial score (nSPS) is 9.67. The molecular formula is C12H24. The second-order valence-corrected chi connectivity index (χ2v) is 4.00. The second kappa shape index (κ2) is 8.58. The summed E-state index contributed by atoms with van der Waals surface area (Å²) >= 11 is 0. The van der Waals surface area contributed by atoms with E-state index in [2.05, 4.69) is 40.9 Å². The molecule has 0 heteroatoms. The molecule has 0 N–H and O–H groups in total. The molecule has 0 nitrogen and oxygen atoms in total. The van der Waals surface area contributed by atoms with Gasteiger partial charge >= 0.3 is 0 Å². The van der Waals surface area contributed by atoms with Gasteiger partial charge in [-0.05, 0) is 11.8 Å². The van der Waals surface area contributed by atoms with Gasteiger partial charge in [0.05, 0.1) is 0 Å². The van der Waals surface area contributed by atoms with Gasteiger partial charge < -0.3 is 0 Å². The van der Waals surface area contributed by atoms with Crippen LogP contribution in [0.1, 0.15) is 47.0 Å². The summed E-state index contributed by atoms with van der Waals surface area (Å²) in [5.74, 6) is 0. The van der Waals surface area contributed by atoms with Gasteiger partial charge in [0, 0.05) is 0 Å². The standard InChI is InChI=1S/2C6H12/c1-5-6(2,3)4;1-3-5-6-4-2/h5H,1H2,2-4H3;3H,1,4-6H2,2H3. The van der Waals surface area contributed by atoms with Crippen molar-refractivity contribution in [2.24, 2.45) is 5.41 Å². The number of unbranched alkanes of at least 4 members (excludes halogenated alkanes) is 2. The second-order valence-electron chi connectivity index (χ2n) is 4.00. The Morgan fingerprint density at radius 3 is 1.67 bits per heavy atom. The average molecular weight is 168 g/mol. The van der Waals surface area contributed by atoms with E-state index in [9.17, 15) is 0 Å². The van der Waals surface area contributed by atoms with Gasteiger partial charge in [0.15, 0.2) is 0 Å². The molecule has 0 unspecified atom stereocenters. The topological polar surface area (TPSA) is 0 Å². The highest BCUT2D eigenvalue weighted by atomic mass is 14.0. The van der Waals surface area contributed by atoms with Crippen LogP contribution in [0, 0.1) is 5.41 Å². The van der Waals surface area contributed by atoms with E-state index in [1.165, 1.54) is 19.3 Å². The first kappa shape index (κ1) is 14.0. The fourth-order valence-electron chi connectivity index (χ4n) is 0.348. The molecule has 0 saturated heterocycles. The van der Waals surface area contributed by atoms with Crippen LogP contribution in [0.2, 0.25) is 0 Å². The van der Waals surface area contributed by atoms with Gasteiger partial charge in [-0.15, -0.1) is 13.2 Å². The van der Waals surface area contributed by atoms with Gasteiger partial charge in [0.1, 0.15) is 0 Å². The molecule has 0 rings (SSSR count). The van der Waals surface area contributed by atoms with E-state index < -0.39 is 0 Å². The Morgan fingerprint density at radius 2 is 1.58 bits per heavy atom. The predicted molar refractivity (Wildman–Crippen MR) is 59.4 cm³/mol. The summed E-state index contributed by atoms with van der Waals surface area (Å²) in [6.07, 6.45) is 7.66. The third-order valence-corrected chi connectivity index (χ3v) is 1.37. The van der Waals surface area contributed by atoms with Crippen molar-refractivity contribution in [2.75, 3.05) is 0 Å². The van der Waals surface area contributed by atoms with Gasteiger partial charge in [0.25, 0.3) is 0 Å². The number of rotatable bonds is 3. The van der Waals surface area contributed by atoms with Crippen LogP contribution in [0.15, 0.2) is 25.3 Å². The lowest BCUT2D eigenvalue weighted by atomic mass is 9.98. The van der Waals surface area contributed by atoms with Crippen molar-refractivity contribution in [3.05, 3.63) is 25.3 Å². The monoisotopic (exact) mass is 168 g/mol. The lowest BCUT2D eigenvalue weighted by molar-refractivity contribution is 0.546. The molecule has 0 radical (unpaired) electrons. The number of hydrogen-bond donors (Lipinski definition) is 0. The fourth-order valence-corrected chi connectivity index (χ4v) is 0.348. The van der Waals surface area contributed by atoms with Crippen LogP contribution in [0.4, 0.5) is 0 Å². The molecule has 0 bridgehead atoms. The molecule has 0 aromatic rings. The van der Waals surface area contributed by atoms with Crippen LogP contribution >= 0.6 is 0 Å². The first-order valence-electron chi connectivity index (χ1n) is 4.72. The van der Waals surface area contributed by atoms with Crippen molar-refractivity contribution in [3.63, 3.8) is 0 Å². The molecule has 0 aliphatic carbocycles. The maximum Gasteiger partial charge on any atom is -0.0206 e. The quantitative estimate of drug-likeness (QED) is 0.427. The van der Waals surface area contributed by atoms with Crippen LogP contribution in [0.3, 0.4) is 0 Å². The van der Waals surface area contributed by atoms with Gasteiger partial charge in [-0.1, -0.05) is 52.7 Å². The van der Waals surface area contributed by atoms with E-state index in [-0.39, 0.29) is 0 Å². The fraction of sp³-hybridized carbons (Fsp3) is 0.667. The van der Waals surface area contributed by atoms with Crippen molar-refractivity contribution in [3.8, 4) is 0 Å². The van der Waals surface area contributed by atoms with Crippen LogP contribution < -0.4 is 0 Å². The zero-order valence-electron chi connectivity index (χ0n) is 9.19. The summed E-state index contributed by atoms with van der Waals surface area (Å²) in [5.41, 5.74) is 0.306. The summed E-state index contributed by atoms with van der Waals surface area (Å²) < 4.78 is 0. The molecule has 0 aliphatic rings. The number of allylic oxidation sites excluding steroid dienone is 2. The third-order valence-electron chi connectivity index (χ3n) is 1.37. The van der Waals surface area contributed by atoms with Crippen LogP contribution in [-0.2, 0) is 0 Å². The van der Waals surface area contributed by atoms with Crippen molar-refractivity contribution in [1.29, 1.82) is 0 Å². The van der Waals surface area contributed by atoms with Crippen LogP contribution in [0.25, 0.3) is 0 Å². The Kier molecular flexibility index (Phi) is 10.0. The largest absolute Gasteiger partial charge is 0.103 e. The van der Waals surface area contributed by atoms with Crippen molar-refractivity contribution < 1.29 is 0 Å². The maximum atomic E-state index is 3.63. The summed E-state index contributed by atoms with van der Waals surface area (Å²) in [6.45, 7) is 15.8. The molecule has 0 heterocycles. The average Bonchev–Trinajstić information content (AvgIpc) is 2.01. The number of hydrogen-bond acceptors (Lipinski definition) is 0. The highest BCUT2D eigenvalue weighted by Gasteiger charge is 1.99. The summed E-state index contributed by atoms with van der Waals surface area (Å²) in [5, 5.41) is 0. The molecule has 0 aliphatic heterocycles. The Balaban J connectivity index is 0. The van der Waals surface area contributed by atoms with Gasteiger partial charge in [-0.3, -0.25) is 0 Å². The highest BCUT2D eigenvalue weighted by Crippen LogP contribution is 2.11. The van der Waals surface area contributed by atoms with E-state index in [4.69, 9.17) is 0 Å². The summed E-state index contributed by atoms with van der Waals surface area (Å²) in [7, 11) is 0. The van der Waals surface area contributed by atoms with Gasteiger partial charge in [-0.2, -0.15) is 0 Å². The third kappa shape index (κ3) is 22.7.